The highest BCUT2D eigenvalue weighted by Crippen LogP contribution is 2.34. The van der Waals surface area contributed by atoms with E-state index in [9.17, 15) is 9.59 Å². The molecule has 1 atom stereocenters. The average Bonchev–Trinajstić information content (AvgIpc) is 3.09. The molecule has 0 spiro atoms. The molecule has 0 bridgehead atoms. The Morgan fingerprint density at radius 3 is 2.48 bits per heavy atom. The lowest BCUT2D eigenvalue weighted by Gasteiger charge is -2.19. The standard InChI is InChI=1S/C20H22N2O5/c1-25-14-8-9-17(26-2)15(11-14)21-20(24)13-10-19(23)22(12-13)16-6-4-5-7-18(16)27-3/h4-9,11,13H,10,12H2,1-3H3,(H,21,24). The topological polar surface area (TPSA) is 77.1 Å². The third kappa shape index (κ3) is 3.81. The van der Waals surface area contributed by atoms with Gasteiger partial charge >= 0.3 is 0 Å². The Morgan fingerprint density at radius 1 is 1.04 bits per heavy atom. The summed E-state index contributed by atoms with van der Waals surface area (Å²) in [5.74, 6) is 0.892. The summed E-state index contributed by atoms with van der Waals surface area (Å²) in [7, 11) is 4.63. The van der Waals surface area contributed by atoms with Crippen LogP contribution in [0.2, 0.25) is 0 Å². The predicted octanol–water partition coefficient (Wildman–Crippen LogP) is 2.70. The fourth-order valence-electron chi connectivity index (χ4n) is 3.12. The van der Waals surface area contributed by atoms with Crippen LogP contribution in [0.25, 0.3) is 0 Å². The summed E-state index contributed by atoms with van der Waals surface area (Å²) in [6.45, 7) is 0.289. The monoisotopic (exact) mass is 370 g/mol. The minimum absolute atomic E-state index is 0.114. The molecule has 0 aromatic heterocycles. The highest BCUT2D eigenvalue weighted by atomic mass is 16.5. The van der Waals surface area contributed by atoms with Crippen LogP contribution in [0.1, 0.15) is 6.42 Å². The first kappa shape index (κ1) is 18.6. The van der Waals surface area contributed by atoms with Crippen LogP contribution in [-0.2, 0) is 9.59 Å². The van der Waals surface area contributed by atoms with Crippen LogP contribution in [0.15, 0.2) is 42.5 Å². The van der Waals surface area contributed by atoms with E-state index in [4.69, 9.17) is 14.2 Å². The number of hydrogen-bond donors (Lipinski definition) is 1. The summed E-state index contributed by atoms with van der Waals surface area (Å²) in [6.07, 6.45) is 0.135. The molecular formula is C20H22N2O5. The molecule has 1 N–H and O–H groups in total. The highest BCUT2D eigenvalue weighted by Gasteiger charge is 2.36. The molecule has 7 heteroatoms. The van der Waals surface area contributed by atoms with E-state index in [2.05, 4.69) is 5.32 Å². The van der Waals surface area contributed by atoms with Crippen molar-refractivity contribution in [3.05, 3.63) is 42.5 Å². The first-order valence-electron chi connectivity index (χ1n) is 8.53. The molecule has 3 rings (SSSR count). The molecule has 1 aliphatic heterocycles. The van der Waals surface area contributed by atoms with Gasteiger partial charge in [0, 0.05) is 19.0 Å². The average molecular weight is 370 g/mol. The van der Waals surface area contributed by atoms with E-state index in [1.54, 1.807) is 43.4 Å². The van der Waals surface area contributed by atoms with E-state index >= 15 is 0 Å². The van der Waals surface area contributed by atoms with Crippen molar-refractivity contribution in [3.63, 3.8) is 0 Å². The first-order valence-corrected chi connectivity index (χ1v) is 8.53. The minimum Gasteiger partial charge on any atom is -0.497 e. The number of benzene rings is 2. The van der Waals surface area contributed by atoms with E-state index in [-0.39, 0.29) is 24.8 Å². The number of hydrogen-bond acceptors (Lipinski definition) is 5. The molecule has 2 aromatic carbocycles. The van der Waals surface area contributed by atoms with Crippen LogP contribution in [0.4, 0.5) is 11.4 Å². The molecule has 1 saturated heterocycles. The maximum absolute atomic E-state index is 12.7. The smallest absolute Gasteiger partial charge is 0.229 e. The summed E-state index contributed by atoms with van der Waals surface area (Å²) in [5, 5.41) is 2.85. The van der Waals surface area contributed by atoms with E-state index in [1.807, 2.05) is 18.2 Å². The molecule has 142 valence electrons. The molecule has 27 heavy (non-hydrogen) atoms. The molecule has 7 nitrogen and oxygen atoms in total. The Labute approximate surface area is 157 Å². The number of ether oxygens (including phenoxy) is 3. The second-order valence-electron chi connectivity index (χ2n) is 6.13. The van der Waals surface area contributed by atoms with Crippen molar-refractivity contribution < 1.29 is 23.8 Å². The molecule has 0 saturated carbocycles. The molecule has 1 fully saturated rings. The van der Waals surface area contributed by atoms with Crippen molar-refractivity contribution in [1.29, 1.82) is 0 Å². The number of anilines is 2. The van der Waals surface area contributed by atoms with Crippen LogP contribution >= 0.6 is 0 Å². The van der Waals surface area contributed by atoms with Gasteiger partial charge in [0.25, 0.3) is 0 Å². The normalized spacial score (nSPS) is 16.2. The highest BCUT2D eigenvalue weighted by molar-refractivity contribution is 6.04. The van der Waals surface area contributed by atoms with Crippen molar-refractivity contribution in [2.45, 2.75) is 6.42 Å². The van der Waals surface area contributed by atoms with Crippen LogP contribution in [0.5, 0.6) is 17.2 Å². The van der Waals surface area contributed by atoms with Crippen molar-refractivity contribution in [2.24, 2.45) is 5.92 Å². The molecule has 2 amide bonds. The summed E-state index contributed by atoms with van der Waals surface area (Å²) < 4.78 is 15.8. The quantitative estimate of drug-likeness (QED) is 0.846. The number of nitrogens with one attached hydrogen (secondary N) is 1. The van der Waals surface area contributed by atoms with Crippen LogP contribution in [0.3, 0.4) is 0 Å². The number of nitrogens with zero attached hydrogens (tertiary/aromatic N) is 1. The fourth-order valence-corrected chi connectivity index (χ4v) is 3.12. The summed E-state index contributed by atoms with van der Waals surface area (Å²) in [4.78, 5) is 26.8. The third-order valence-electron chi connectivity index (χ3n) is 4.54. The molecule has 1 unspecified atom stereocenters. The Balaban J connectivity index is 1.77. The van der Waals surface area contributed by atoms with E-state index in [0.717, 1.165) is 0 Å². The van der Waals surface area contributed by atoms with Crippen LogP contribution in [0, 0.1) is 5.92 Å². The summed E-state index contributed by atoms with van der Waals surface area (Å²) in [6, 6.07) is 12.4. The Kier molecular flexibility index (Phi) is 5.49. The molecule has 2 aromatic rings. The number of carbonyl (C=O) groups excluding carboxylic acids is 2. The van der Waals surface area contributed by atoms with Gasteiger partial charge in [0.2, 0.25) is 11.8 Å². The fraction of sp³-hybridized carbons (Fsp3) is 0.300. The van der Waals surface area contributed by atoms with Gasteiger partial charge in [-0.05, 0) is 24.3 Å². The van der Waals surface area contributed by atoms with Crippen LogP contribution < -0.4 is 24.4 Å². The van der Waals surface area contributed by atoms with Gasteiger partial charge in [-0.25, -0.2) is 0 Å². The lowest BCUT2D eigenvalue weighted by atomic mass is 10.1. The van der Waals surface area contributed by atoms with Crippen molar-refractivity contribution in [2.75, 3.05) is 38.1 Å². The van der Waals surface area contributed by atoms with Gasteiger partial charge in [0.05, 0.1) is 38.6 Å². The number of carbonyl (C=O) groups is 2. The number of para-hydroxylation sites is 2. The summed E-state index contributed by atoms with van der Waals surface area (Å²) >= 11 is 0. The van der Waals surface area contributed by atoms with Crippen molar-refractivity contribution >= 4 is 23.2 Å². The molecular weight excluding hydrogens is 348 g/mol. The number of rotatable bonds is 6. The van der Waals surface area contributed by atoms with Crippen molar-refractivity contribution in [3.8, 4) is 17.2 Å². The first-order chi connectivity index (χ1) is 13.1. The zero-order valence-electron chi connectivity index (χ0n) is 15.5. The lowest BCUT2D eigenvalue weighted by Crippen LogP contribution is -2.28. The molecule has 0 radical (unpaired) electrons. The third-order valence-corrected chi connectivity index (χ3v) is 4.54. The summed E-state index contributed by atoms with van der Waals surface area (Å²) in [5.41, 5.74) is 1.17. The van der Waals surface area contributed by atoms with E-state index in [0.29, 0.717) is 28.6 Å². The molecule has 1 heterocycles. The Bertz CT molecular complexity index is 852. The number of amides is 2. The van der Waals surface area contributed by atoms with E-state index < -0.39 is 5.92 Å². The maximum Gasteiger partial charge on any atom is 0.229 e. The lowest BCUT2D eigenvalue weighted by molar-refractivity contribution is -0.122. The second-order valence-corrected chi connectivity index (χ2v) is 6.13. The predicted molar refractivity (Wildman–Crippen MR) is 102 cm³/mol. The van der Waals surface area contributed by atoms with Gasteiger partial charge in [0.15, 0.2) is 0 Å². The Hall–Kier alpha value is -3.22. The maximum atomic E-state index is 12.7. The van der Waals surface area contributed by atoms with Gasteiger partial charge in [-0.15, -0.1) is 0 Å². The molecule has 0 aliphatic carbocycles. The SMILES string of the molecule is COc1ccc(OC)c(NC(=O)C2CC(=O)N(c3ccccc3OC)C2)c1. The zero-order valence-corrected chi connectivity index (χ0v) is 15.5. The zero-order chi connectivity index (χ0) is 19.4. The van der Waals surface area contributed by atoms with Gasteiger partial charge in [-0.1, -0.05) is 12.1 Å². The number of methoxy groups -OCH3 is 3. The Morgan fingerprint density at radius 2 is 1.78 bits per heavy atom. The second kappa shape index (κ2) is 7.99. The van der Waals surface area contributed by atoms with Gasteiger partial charge in [-0.2, -0.15) is 0 Å². The minimum atomic E-state index is -0.474. The van der Waals surface area contributed by atoms with Gasteiger partial charge < -0.3 is 24.4 Å². The van der Waals surface area contributed by atoms with Crippen LogP contribution in [-0.4, -0.2) is 39.7 Å². The van der Waals surface area contributed by atoms with Crippen molar-refractivity contribution in [1.82, 2.24) is 0 Å². The van der Waals surface area contributed by atoms with Gasteiger partial charge in [0.1, 0.15) is 17.2 Å². The largest absolute Gasteiger partial charge is 0.497 e. The van der Waals surface area contributed by atoms with E-state index in [1.165, 1.54) is 7.11 Å². The molecule has 1 aliphatic rings. The van der Waals surface area contributed by atoms with Gasteiger partial charge in [-0.3, -0.25) is 9.59 Å².